The Morgan fingerprint density at radius 2 is 2.08 bits per heavy atom. The Kier molecular flexibility index (Phi) is 4.41. The van der Waals surface area contributed by atoms with Crippen molar-refractivity contribution in [1.29, 1.82) is 0 Å². The SMILES string of the molecule is Cc1nc(C)c(CN2CCc3nc(C4=NCCCC4)ncc3C2)s1. The molecule has 4 rings (SSSR count). The molecule has 0 radical (unpaired) electrons. The number of aryl methyl sites for hydroxylation is 2. The molecule has 0 amide bonds. The molecule has 24 heavy (non-hydrogen) atoms. The van der Waals surface area contributed by atoms with Gasteiger partial charge in [-0.1, -0.05) is 0 Å². The predicted molar refractivity (Wildman–Crippen MR) is 96.7 cm³/mol. The van der Waals surface area contributed by atoms with Gasteiger partial charge >= 0.3 is 0 Å². The molecule has 0 atom stereocenters. The van der Waals surface area contributed by atoms with Crippen molar-refractivity contribution in [2.75, 3.05) is 13.1 Å². The van der Waals surface area contributed by atoms with Crippen LogP contribution >= 0.6 is 11.3 Å². The van der Waals surface area contributed by atoms with Crippen LogP contribution < -0.4 is 0 Å². The van der Waals surface area contributed by atoms with Gasteiger partial charge < -0.3 is 0 Å². The quantitative estimate of drug-likeness (QED) is 0.861. The van der Waals surface area contributed by atoms with Gasteiger partial charge in [0.1, 0.15) is 0 Å². The van der Waals surface area contributed by atoms with E-state index >= 15 is 0 Å². The lowest BCUT2D eigenvalue weighted by Gasteiger charge is -2.27. The number of thiazole rings is 1. The fourth-order valence-corrected chi connectivity index (χ4v) is 4.43. The molecule has 0 N–H and O–H groups in total. The summed E-state index contributed by atoms with van der Waals surface area (Å²) in [5.41, 5.74) is 4.74. The monoisotopic (exact) mass is 341 g/mol. The molecule has 5 nitrogen and oxygen atoms in total. The molecule has 6 heteroatoms. The zero-order valence-corrected chi connectivity index (χ0v) is 15.2. The maximum atomic E-state index is 4.82. The summed E-state index contributed by atoms with van der Waals surface area (Å²) in [7, 11) is 0. The number of nitrogens with zero attached hydrogens (tertiary/aromatic N) is 5. The number of hydrogen-bond acceptors (Lipinski definition) is 6. The van der Waals surface area contributed by atoms with Crippen molar-refractivity contribution in [3.05, 3.63) is 38.9 Å². The van der Waals surface area contributed by atoms with E-state index in [4.69, 9.17) is 4.98 Å². The summed E-state index contributed by atoms with van der Waals surface area (Å²) in [4.78, 5) is 22.4. The Morgan fingerprint density at radius 1 is 1.17 bits per heavy atom. The van der Waals surface area contributed by atoms with Gasteiger partial charge in [-0.3, -0.25) is 9.89 Å². The van der Waals surface area contributed by atoms with Crippen molar-refractivity contribution in [2.24, 2.45) is 4.99 Å². The number of hydrogen-bond donors (Lipinski definition) is 0. The van der Waals surface area contributed by atoms with Gasteiger partial charge in [-0.25, -0.2) is 15.0 Å². The second-order valence-electron chi connectivity index (χ2n) is 6.65. The minimum absolute atomic E-state index is 0.857. The van der Waals surface area contributed by atoms with E-state index in [0.717, 1.165) is 55.6 Å². The molecule has 2 aliphatic rings. The van der Waals surface area contributed by atoms with Gasteiger partial charge in [0, 0.05) is 49.2 Å². The van der Waals surface area contributed by atoms with Crippen LogP contribution in [0, 0.1) is 13.8 Å². The molecular formula is C18H23N5S. The molecule has 4 heterocycles. The van der Waals surface area contributed by atoms with Gasteiger partial charge in [0.05, 0.1) is 22.1 Å². The molecule has 2 aromatic heterocycles. The van der Waals surface area contributed by atoms with E-state index < -0.39 is 0 Å². The molecule has 0 spiro atoms. The molecule has 0 saturated carbocycles. The Labute approximate surface area is 146 Å². The van der Waals surface area contributed by atoms with Crippen LogP contribution in [0.1, 0.15) is 51.9 Å². The van der Waals surface area contributed by atoms with E-state index in [9.17, 15) is 0 Å². The van der Waals surface area contributed by atoms with Crippen LogP contribution in [0.25, 0.3) is 0 Å². The van der Waals surface area contributed by atoms with Crippen molar-refractivity contribution in [3.63, 3.8) is 0 Å². The van der Waals surface area contributed by atoms with Gasteiger partial charge in [-0.2, -0.15) is 0 Å². The third kappa shape index (κ3) is 3.26. The first-order valence-corrected chi connectivity index (χ1v) is 9.54. The number of rotatable bonds is 3. The second kappa shape index (κ2) is 6.69. The van der Waals surface area contributed by atoms with Gasteiger partial charge in [-0.05, 0) is 33.1 Å². The van der Waals surface area contributed by atoms with Crippen LogP contribution in [0.15, 0.2) is 11.2 Å². The summed E-state index contributed by atoms with van der Waals surface area (Å²) < 4.78 is 0. The van der Waals surface area contributed by atoms with E-state index in [0.29, 0.717) is 0 Å². The summed E-state index contributed by atoms with van der Waals surface area (Å²) in [5.74, 6) is 0.857. The van der Waals surface area contributed by atoms with E-state index in [1.807, 2.05) is 17.5 Å². The van der Waals surface area contributed by atoms with Crippen LogP contribution in [0.3, 0.4) is 0 Å². The molecule has 0 aromatic carbocycles. The molecule has 0 saturated heterocycles. The molecule has 0 fully saturated rings. The molecule has 126 valence electrons. The average molecular weight is 341 g/mol. The van der Waals surface area contributed by atoms with Crippen molar-refractivity contribution in [3.8, 4) is 0 Å². The maximum Gasteiger partial charge on any atom is 0.173 e. The Hall–Kier alpha value is -1.66. The summed E-state index contributed by atoms with van der Waals surface area (Å²) in [6.07, 6.45) is 6.44. The lowest BCUT2D eigenvalue weighted by atomic mass is 10.1. The fourth-order valence-electron chi connectivity index (χ4n) is 3.45. The number of aliphatic imine (C=N–C) groups is 1. The van der Waals surface area contributed by atoms with Gasteiger partial charge in [-0.15, -0.1) is 11.3 Å². The first-order valence-electron chi connectivity index (χ1n) is 8.73. The van der Waals surface area contributed by atoms with E-state index in [1.54, 1.807) is 0 Å². The van der Waals surface area contributed by atoms with E-state index in [1.165, 1.54) is 34.7 Å². The largest absolute Gasteiger partial charge is 0.293 e. The molecule has 2 aliphatic heterocycles. The standard InChI is InChI=1S/C18H23N5S/c1-12-17(24-13(2)21-12)11-23-8-6-15-14(10-23)9-20-18(22-15)16-5-3-4-7-19-16/h9H,3-8,10-11H2,1-2H3. The zero-order chi connectivity index (χ0) is 16.5. The van der Waals surface area contributed by atoms with Crippen LogP contribution in [0.4, 0.5) is 0 Å². The number of aromatic nitrogens is 3. The van der Waals surface area contributed by atoms with Crippen LogP contribution in [-0.4, -0.2) is 38.7 Å². The van der Waals surface area contributed by atoms with Crippen molar-refractivity contribution in [1.82, 2.24) is 19.9 Å². The highest BCUT2D eigenvalue weighted by Gasteiger charge is 2.21. The third-order valence-corrected chi connectivity index (χ3v) is 5.82. The molecule has 0 aliphatic carbocycles. The lowest BCUT2D eigenvalue weighted by molar-refractivity contribution is 0.244. The first-order chi connectivity index (χ1) is 11.7. The smallest absolute Gasteiger partial charge is 0.173 e. The summed E-state index contributed by atoms with van der Waals surface area (Å²) in [5, 5.41) is 1.15. The van der Waals surface area contributed by atoms with Crippen molar-refractivity contribution in [2.45, 2.75) is 52.6 Å². The minimum Gasteiger partial charge on any atom is -0.293 e. The van der Waals surface area contributed by atoms with Crippen molar-refractivity contribution < 1.29 is 0 Å². The first kappa shape index (κ1) is 15.8. The zero-order valence-electron chi connectivity index (χ0n) is 14.4. The highest BCUT2D eigenvalue weighted by molar-refractivity contribution is 7.11. The topological polar surface area (TPSA) is 54.3 Å². The summed E-state index contributed by atoms with van der Waals surface area (Å²) in [6.45, 7) is 8.07. The second-order valence-corrected chi connectivity index (χ2v) is 7.94. The average Bonchev–Trinajstić information content (AvgIpc) is 2.92. The van der Waals surface area contributed by atoms with Crippen LogP contribution in [0.2, 0.25) is 0 Å². The Morgan fingerprint density at radius 3 is 2.83 bits per heavy atom. The summed E-state index contributed by atoms with van der Waals surface area (Å²) >= 11 is 1.81. The molecular weight excluding hydrogens is 318 g/mol. The fraction of sp³-hybridized carbons (Fsp3) is 0.556. The van der Waals surface area contributed by atoms with Gasteiger partial charge in [0.15, 0.2) is 5.82 Å². The molecule has 0 bridgehead atoms. The highest BCUT2D eigenvalue weighted by atomic mass is 32.1. The minimum atomic E-state index is 0.857. The highest BCUT2D eigenvalue weighted by Crippen LogP contribution is 2.23. The van der Waals surface area contributed by atoms with E-state index in [-0.39, 0.29) is 0 Å². The Balaban J connectivity index is 1.49. The van der Waals surface area contributed by atoms with Crippen molar-refractivity contribution >= 4 is 17.0 Å². The van der Waals surface area contributed by atoms with Crippen LogP contribution in [-0.2, 0) is 19.5 Å². The normalized spacial score (nSPS) is 18.3. The Bertz CT molecular complexity index is 780. The van der Waals surface area contributed by atoms with Crippen LogP contribution in [0.5, 0.6) is 0 Å². The third-order valence-electron chi connectivity index (χ3n) is 4.76. The van der Waals surface area contributed by atoms with Gasteiger partial charge in [0.2, 0.25) is 0 Å². The van der Waals surface area contributed by atoms with E-state index in [2.05, 4.69) is 33.7 Å². The maximum absolute atomic E-state index is 4.82. The molecule has 2 aromatic rings. The summed E-state index contributed by atoms with van der Waals surface area (Å²) in [6, 6.07) is 0. The number of fused-ring (bicyclic) bond motifs is 1. The predicted octanol–water partition coefficient (Wildman–Crippen LogP) is 3.08. The van der Waals surface area contributed by atoms with Gasteiger partial charge in [0.25, 0.3) is 0 Å². The lowest BCUT2D eigenvalue weighted by Crippen LogP contribution is -2.31. The molecule has 0 unspecified atom stereocenters.